The Hall–Kier alpha value is -4.40. The largest absolute Gasteiger partial charge is 0.465 e. The lowest BCUT2D eigenvalue weighted by Gasteiger charge is -2.14. The minimum absolute atomic E-state index is 0.502. The SMILES string of the molecule is Cn1ncc2c(-c3cccn4nc(Nc5ccc6c(c5)CCN(C(=O)O)CC6)nc34)cccc21. The van der Waals surface area contributed by atoms with Crippen LogP contribution in [0.2, 0.25) is 0 Å². The highest BCUT2D eigenvalue weighted by atomic mass is 16.4. The Bertz CT molecular complexity index is 1550. The summed E-state index contributed by atoms with van der Waals surface area (Å²) < 4.78 is 3.64. The summed E-state index contributed by atoms with van der Waals surface area (Å²) in [5.74, 6) is 0.506. The molecule has 0 spiro atoms. The zero-order chi connectivity index (χ0) is 23.2. The molecule has 9 heteroatoms. The van der Waals surface area contributed by atoms with Crippen molar-refractivity contribution in [1.29, 1.82) is 0 Å². The summed E-state index contributed by atoms with van der Waals surface area (Å²) >= 11 is 0. The van der Waals surface area contributed by atoms with Crippen molar-refractivity contribution in [2.45, 2.75) is 12.8 Å². The third kappa shape index (κ3) is 3.42. The maximum atomic E-state index is 11.3. The maximum Gasteiger partial charge on any atom is 0.407 e. The Kier molecular flexibility index (Phi) is 4.68. The molecule has 0 saturated heterocycles. The summed E-state index contributed by atoms with van der Waals surface area (Å²) in [5.41, 5.74) is 7.08. The van der Waals surface area contributed by atoms with E-state index in [2.05, 4.69) is 39.8 Å². The minimum atomic E-state index is -0.863. The normalized spacial score (nSPS) is 13.7. The predicted molar refractivity (Wildman–Crippen MR) is 129 cm³/mol. The molecule has 3 aromatic heterocycles. The standard InChI is InChI=1S/C25H23N7O2/c1-30-22-6-2-4-19(21(22)15-26-30)20-5-3-11-32-23(20)28-24(29-32)27-18-8-7-16-9-12-31(25(33)34)13-10-17(16)14-18/h2-8,11,14-15H,9-10,12-13H2,1H3,(H,27,29)(H,33,34). The van der Waals surface area contributed by atoms with Gasteiger partial charge in [-0.2, -0.15) is 10.1 Å². The molecule has 6 rings (SSSR count). The van der Waals surface area contributed by atoms with Crippen LogP contribution in [-0.2, 0) is 19.9 Å². The fraction of sp³-hybridized carbons (Fsp3) is 0.200. The van der Waals surface area contributed by atoms with Crippen molar-refractivity contribution < 1.29 is 9.90 Å². The Morgan fingerprint density at radius 1 is 1.03 bits per heavy atom. The first-order valence-corrected chi connectivity index (χ1v) is 11.2. The Morgan fingerprint density at radius 3 is 2.71 bits per heavy atom. The number of pyridine rings is 1. The number of amides is 1. The van der Waals surface area contributed by atoms with Gasteiger partial charge in [0.05, 0.1) is 11.7 Å². The molecule has 1 aliphatic heterocycles. The van der Waals surface area contributed by atoms with Crippen molar-refractivity contribution in [3.05, 3.63) is 72.1 Å². The number of carbonyl (C=O) groups is 1. The van der Waals surface area contributed by atoms with E-state index in [-0.39, 0.29) is 0 Å². The van der Waals surface area contributed by atoms with Crippen LogP contribution in [0.25, 0.3) is 27.7 Å². The van der Waals surface area contributed by atoms with Crippen LogP contribution in [0.3, 0.4) is 0 Å². The fourth-order valence-electron chi connectivity index (χ4n) is 4.70. The van der Waals surface area contributed by atoms with Crippen LogP contribution < -0.4 is 5.32 Å². The molecule has 1 aliphatic rings. The highest BCUT2D eigenvalue weighted by Crippen LogP contribution is 2.31. The number of aromatic nitrogens is 5. The van der Waals surface area contributed by atoms with Crippen LogP contribution in [0.1, 0.15) is 11.1 Å². The number of hydrogen-bond acceptors (Lipinski definition) is 5. The van der Waals surface area contributed by atoms with Crippen molar-refractivity contribution in [3.63, 3.8) is 0 Å². The molecular weight excluding hydrogens is 430 g/mol. The minimum Gasteiger partial charge on any atom is -0.465 e. The summed E-state index contributed by atoms with van der Waals surface area (Å²) in [6.07, 6.45) is 4.31. The van der Waals surface area contributed by atoms with Gasteiger partial charge in [-0.25, -0.2) is 9.31 Å². The van der Waals surface area contributed by atoms with Gasteiger partial charge in [-0.3, -0.25) is 4.68 Å². The fourth-order valence-corrected chi connectivity index (χ4v) is 4.70. The number of benzene rings is 2. The van der Waals surface area contributed by atoms with Crippen LogP contribution in [0.15, 0.2) is 60.9 Å². The molecule has 4 heterocycles. The molecule has 9 nitrogen and oxygen atoms in total. The first-order valence-electron chi connectivity index (χ1n) is 11.2. The van der Waals surface area contributed by atoms with E-state index in [1.165, 1.54) is 10.5 Å². The highest BCUT2D eigenvalue weighted by Gasteiger charge is 2.18. The topological polar surface area (TPSA) is 101 Å². The van der Waals surface area contributed by atoms with Gasteiger partial charge in [0, 0.05) is 43.0 Å². The summed E-state index contributed by atoms with van der Waals surface area (Å²) in [6.45, 7) is 1.03. The average Bonchev–Trinajstić information content (AvgIpc) is 3.35. The molecular formula is C25H23N7O2. The van der Waals surface area contributed by atoms with Gasteiger partial charge in [0.1, 0.15) is 0 Å². The smallest absolute Gasteiger partial charge is 0.407 e. The summed E-state index contributed by atoms with van der Waals surface area (Å²) in [6, 6.07) is 16.3. The Balaban J connectivity index is 1.33. The number of rotatable bonds is 3. The number of fused-ring (bicyclic) bond motifs is 3. The lowest BCUT2D eigenvalue weighted by Crippen LogP contribution is -2.31. The number of hydrogen-bond donors (Lipinski definition) is 2. The van der Waals surface area contributed by atoms with Crippen molar-refractivity contribution in [3.8, 4) is 11.1 Å². The van der Waals surface area contributed by atoms with E-state index in [9.17, 15) is 9.90 Å². The zero-order valence-electron chi connectivity index (χ0n) is 18.6. The summed E-state index contributed by atoms with van der Waals surface area (Å²) in [7, 11) is 1.94. The van der Waals surface area contributed by atoms with Gasteiger partial charge in [0.2, 0.25) is 5.95 Å². The number of anilines is 2. The van der Waals surface area contributed by atoms with Crippen LogP contribution in [0.4, 0.5) is 16.4 Å². The van der Waals surface area contributed by atoms with Crippen LogP contribution >= 0.6 is 0 Å². The third-order valence-corrected chi connectivity index (χ3v) is 6.48. The second-order valence-electron chi connectivity index (χ2n) is 8.51. The predicted octanol–water partition coefficient (Wildman–Crippen LogP) is 4.11. The molecule has 0 bridgehead atoms. The van der Waals surface area contributed by atoms with E-state index >= 15 is 0 Å². The number of aryl methyl sites for hydroxylation is 1. The van der Waals surface area contributed by atoms with Gasteiger partial charge in [0.15, 0.2) is 5.65 Å². The average molecular weight is 454 g/mol. The van der Waals surface area contributed by atoms with Crippen LogP contribution in [-0.4, -0.2) is 53.6 Å². The lowest BCUT2D eigenvalue weighted by atomic mass is 10.0. The lowest BCUT2D eigenvalue weighted by molar-refractivity contribution is 0.147. The third-order valence-electron chi connectivity index (χ3n) is 6.48. The molecule has 0 atom stereocenters. The van der Waals surface area contributed by atoms with Gasteiger partial charge in [-0.05, 0) is 59.9 Å². The van der Waals surface area contributed by atoms with E-state index < -0.39 is 6.09 Å². The van der Waals surface area contributed by atoms with E-state index in [0.29, 0.717) is 25.5 Å². The highest BCUT2D eigenvalue weighted by molar-refractivity contribution is 5.98. The van der Waals surface area contributed by atoms with E-state index in [1.807, 2.05) is 48.4 Å². The Morgan fingerprint density at radius 2 is 1.85 bits per heavy atom. The monoisotopic (exact) mass is 453 g/mol. The summed E-state index contributed by atoms with van der Waals surface area (Å²) in [4.78, 5) is 17.6. The van der Waals surface area contributed by atoms with Gasteiger partial charge in [-0.1, -0.05) is 18.2 Å². The quantitative estimate of drug-likeness (QED) is 0.427. The Labute approximate surface area is 195 Å². The molecule has 5 aromatic rings. The molecule has 2 aromatic carbocycles. The molecule has 0 radical (unpaired) electrons. The second kappa shape index (κ2) is 7.87. The molecule has 0 fully saturated rings. The van der Waals surface area contributed by atoms with Crippen molar-refractivity contribution >= 4 is 34.3 Å². The first kappa shape index (κ1) is 20.2. The molecule has 0 saturated carbocycles. The number of nitrogens with one attached hydrogen (secondary N) is 1. The van der Waals surface area contributed by atoms with E-state index in [0.717, 1.165) is 45.3 Å². The van der Waals surface area contributed by atoms with Gasteiger partial charge in [0.25, 0.3) is 0 Å². The number of carboxylic acid groups (broad SMARTS) is 1. The molecule has 1 amide bonds. The van der Waals surface area contributed by atoms with Crippen molar-refractivity contribution in [2.24, 2.45) is 7.05 Å². The van der Waals surface area contributed by atoms with E-state index in [1.54, 1.807) is 4.52 Å². The van der Waals surface area contributed by atoms with Gasteiger partial charge < -0.3 is 15.3 Å². The van der Waals surface area contributed by atoms with Gasteiger partial charge in [-0.15, -0.1) is 5.10 Å². The zero-order valence-corrected chi connectivity index (χ0v) is 18.6. The number of nitrogens with zero attached hydrogens (tertiary/aromatic N) is 6. The molecule has 2 N–H and O–H groups in total. The first-order chi connectivity index (χ1) is 16.6. The molecule has 34 heavy (non-hydrogen) atoms. The second-order valence-corrected chi connectivity index (χ2v) is 8.51. The maximum absolute atomic E-state index is 11.3. The van der Waals surface area contributed by atoms with Crippen LogP contribution in [0, 0.1) is 0 Å². The molecule has 170 valence electrons. The molecule has 0 unspecified atom stereocenters. The van der Waals surface area contributed by atoms with Crippen molar-refractivity contribution in [2.75, 3.05) is 18.4 Å². The van der Waals surface area contributed by atoms with E-state index in [4.69, 9.17) is 4.98 Å². The molecule has 0 aliphatic carbocycles. The summed E-state index contributed by atoms with van der Waals surface area (Å²) in [5, 5.41) is 22.7. The van der Waals surface area contributed by atoms with Gasteiger partial charge >= 0.3 is 6.09 Å². The van der Waals surface area contributed by atoms with Crippen molar-refractivity contribution in [1.82, 2.24) is 29.3 Å². The van der Waals surface area contributed by atoms with Crippen LogP contribution in [0.5, 0.6) is 0 Å².